The average molecular weight is 354 g/mol. The minimum atomic E-state index is -0.451. The van der Waals surface area contributed by atoms with Crippen LogP contribution >= 0.6 is 0 Å². The molecule has 0 amide bonds. The molecule has 5 fully saturated rings. The summed E-state index contributed by atoms with van der Waals surface area (Å²) in [5, 5.41) is 0. The Balaban J connectivity index is 1.27. The van der Waals surface area contributed by atoms with Crippen molar-refractivity contribution in [3.63, 3.8) is 0 Å². The molecule has 6 heteroatoms. The van der Waals surface area contributed by atoms with Gasteiger partial charge in [0.25, 0.3) is 0 Å². The Labute approximate surface area is 149 Å². The van der Waals surface area contributed by atoms with Crippen molar-refractivity contribution in [3.05, 3.63) is 0 Å². The lowest BCUT2D eigenvalue weighted by atomic mass is 9.94. The van der Waals surface area contributed by atoms with Gasteiger partial charge < -0.3 is 28.4 Å². The van der Waals surface area contributed by atoms with Crippen molar-refractivity contribution < 1.29 is 28.4 Å². The summed E-state index contributed by atoms with van der Waals surface area (Å²) in [5.74, 6) is -0.846. The Hall–Kier alpha value is -0.240. The van der Waals surface area contributed by atoms with Gasteiger partial charge in [-0.15, -0.1) is 0 Å². The maximum absolute atomic E-state index is 6.38. The molecule has 0 aromatic rings. The summed E-state index contributed by atoms with van der Waals surface area (Å²) in [5.41, 5.74) is 0. The summed E-state index contributed by atoms with van der Waals surface area (Å²) in [6, 6.07) is 0. The van der Waals surface area contributed by atoms with Crippen LogP contribution in [0, 0.1) is 0 Å². The minimum Gasteiger partial charge on any atom is -0.376 e. The average Bonchev–Trinajstić information content (AvgIpc) is 3.27. The predicted octanol–water partition coefficient (Wildman–Crippen LogP) is 2.88. The topological polar surface area (TPSA) is 55.4 Å². The molecule has 142 valence electrons. The fraction of sp³-hybridized carbons (Fsp3) is 1.00. The van der Waals surface area contributed by atoms with Crippen LogP contribution < -0.4 is 0 Å². The number of ether oxygens (including phenoxy) is 6. The van der Waals surface area contributed by atoms with E-state index in [1.54, 1.807) is 7.11 Å². The van der Waals surface area contributed by atoms with Crippen LogP contribution in [0.25, 0.3) is 0 Å². The molecule has 2 saturated carbocycles. The van der Waals surface area contributed by atoms with Crippen LogP contribution in [0.2, 0.25) is 0 Å². The highest BCUT2D eigenvalue weighted by Gasteiger charge is 2.61. The lowest BCUT2D eigenvalue weighted by Gasteiger charge is -2.35. The molecule has 2 spiro atoms. The van der Waals surface area contributed by atoms with E-state index in [2.05, 4.69) is 0 Å². The van der Waals surface area contributed by atoms with Gasteiger partial charge in [0.1, 0.15) is 24.4 Å². The highest BCUT2D eigenvalue weighted by atomic mass is 16.8. The summed E-state index contributed by atoms with van der Waals surface area (Å²) < 4.78 is 37.1. The normalized spacial score (nSPS) is 45.2. The minimum absolute atomic E-state index is 0.108. The van der Waals surface area contributed by atoms with E-state index in [1.807, 2.05) is 0 Å². The molecular weight excluding hydrogens is 324 g/mol. The monoisotopic (exact) mass is 354 g/mol. The molecule has 25 heavy (non-hydrogen) atoms. The van der Waals surface area contributed by atoms with Crippen molar-refractivity contribution in [1.29, 1.82) is 0 Å². The van der Waals surface area contributed by atoms with Crippen molar-refractivity contribution in [1.82, 2.24) is 0 Å². The number of rotatable bonds is 2. The number of hydrogen-bond acceptors (Lipinski definition) is 6. The number of fused-ring (bicyclic) bond motifs is 1. The van der Waals surface area contributed by atoms with E-state index in [1.165, 1.54) is 25.7 Å². The van der Waals surface area contributed by atoms with Crippen LogP contribution in [0.15, 0.2) is 0 Å². The van der Waals surface area contributed by atoms with Gasteiger partial charge >= 0.3 is 0 Å². The van der Waals surface area contributed by atoms with Crippen LogP contribution in [0.1, 0.15) is 64.2 Å². The van der Waals surface area contributed by atoms with Crippen molar-refractivity contribution >= 4 is 0 Å². The second kappa shape index (κ2) is 6.43. The third-order valence-corrected chi connectivity index (χ3v) is 6.64. The van der Waals surface area contributed by atoms with Crippen molar-refractivity contribution in [2.75, 3.05) is 13.7 Å². The van der Waals surface area contributed by atoms with E-state index >= 15 is 0 Å². The lowest BCUT2D eigenvalue weighted by molar-refractivity contribution is -0.261. The van der Waals surface area contributed by atoms with E-state index in [4.69, 9.17) is 28.4 Å². The van der Waals surface area contributed by atoms with Gasteiger partial charge in [-0.1, -0.05) is 12.8 Å². The van der Waals surface area contributed by atoms with Crippen LogP contribution in [0.4, 0.5) is 0 Å². The molecule has 0 aromatic carbocycles. The molecule has 3 saturated heterocycles. The largest absolute Gasteiger partial charge is 0.376 e. The van der Waals surface area contributed by atoms with Gasteiger partial charge in [-0.25, -0.2) is 0 Å². The standard InChI is InChI=1S/C19H30O6/c1-20-15-14(13-12-21-18(23-13)8-4-2-5-9-18)22-17-16(15)24-19(25-17)10-6-3-7-11-19/h13-17H,2-12H2,1H3/t13-,14+,15+,16-,17+/m0/s1. The maximum atomic E-state index is 6.38. The molecule has 6 nitrogen and oxygen atoms in total. The molecule has 3 aliphatic heterocycles. The van der Waals surface area contributed by atoms with E-state index in [0.717, 1.165) is 38.5 Å². The first-order valence-corrected chi connectivity index (χ1v) is 10.1. The molecule has 5 rings (SSSR count). The van der Waals surface area contributed by atoms with Gasteiger partial charge in [0, 0.05) is 32.8 Å². The van der Waals surface area contributed by atoms with Crippen molar-refractivity contribution in [2.45, 2.75) is 106 Å². The lowest BCUT2D eigenvalue weighted by Crippen LogP contribution is -2.45. The Kier molecular flexibility index (Phi) is 4.34. The number of methoxy groups -OCH3 is 1. The van der Waals surface area contributed by atoms with E-state index in [0.29, 0.717) is 6.61 Å². The molecule has 2 aliphatic carbocycles. The third kappa shape index (κ3) is 2.86. The first-order valence-electron chi connectivity index (χ1n) is 10.1. The zero-order valence-electron chi connectivity index (χ0n) is 15.1. The molecule has 5 aliphatic rings. The van der Waals surface area contributed by atoms with Crippen LogP contribution in [0.5, 0.6) is 0 Å². The first-order chi connectivity index (χ1) is 12.2. The van der Waals surface area contributed by atoms with Crippen LogP contribution in [-0.2, 0) is 28.4 Å². The SMILES string of the molecule is CO[C@H]1[C@@H]2OC3(CCCCC3)O[C@H]2O[C@@H]1[C@@H]1COC2(CCCCC2)O1. The summed E-state index contributed by atoms with van der Waals surface area (Å²) in [7, 11) is 1.73. The highest BCUT2D eigenvalue weighted by molar-refractivity contribution is 5.01. The van der Waals surface area contributed by atoms with Crippen LogP contribution in [-0.4, -0.2) is 56.0 Å². The fourth-order valence-electron chi connectivity index (χ4n) is 5.34. The summed E-state index contributed by atoms with van der Waals surface area (Å²) >= 11 is 0. The van der Waals surface area contributed by atoms with E-state index < -0.39 is 11.6 Å². The maximum Gasteiger partial charge on any atom is 0.190 e. The Morgan fingerprint density at radius 2 is 1.44 bits per heavy atom. The highest BCUT2D eigenvalue weighted by Crippen LogP contribution is 2.48. The zero-order chi connectivity index (χ0) is 16.9. The third-order valence-electron chi connectivity index (χ3n) is 6.64. The van der Waals surface area contributed by atoms with Gasteiger partial charge in [0.05, 0.1) is 6.61 Å². The van der Waals surface area contributed by atoms with E-state index in [-0.39, 0.29) is 30.7 Å². The summed E-state index contributed by atoms with van der Waals surface area (Å²) in [6.45, 7) is 0.565. The van der Waals surface area contributed by atoms with Gasteiger partial charge in [0.2, 0.25) is 0 Å². The van der Waals surface area contributed by atoms with Gasteiger partial charge in [-0.05, 0) is 25.7 Å². The first kappa shape index (κ1) is 16.9. The summed E-state index contributed by atoms with van der Waals surface area (Å²) in [6.07, 6.45) is 10.1. The van der Waals surface area contributed by atoms with Crippen molar-refractivity contribution in [3.8, 4) is 0 Å². The molecular formula is C19H30O6. The Bertz CT molecular complexity index is 484. The second-order valence-corrected chi connectivity index (χ2v) is 8.28. The molecule has 0 N–H and O–H groups in total. The molecule has 5 atom stereocenters. The Morgan fingerprint density at radius 1 is 0.760 bits per heavy atom. The van der Waals surface area contributed by atoms with Crippen molar-refractivity contribution in [2.24, 2.45) is 0 Å². The smallest absolute Gasteiger partial charge is 0.190 e. The fourth-order valence-corrected chi connectivity index (χ4v) is 5.34. The zero-order valence-corrected chi connectivity index (χ0v) is 15.1. The van der Waals surface area contributed by atoms with Crippen LogP contribution in [0.3, 0.4) is 0 Å². The van der Waals surface area contributed by atoms with Gasteiger partial charge in [-0.3, -0.25) is 0 Å². The molecule has 3 heterocycles. The van der Waals surface area contributed by atoms with Gasteiger partial charge in [0.15, 0.2) is 17.9 Å². The van der Waals surface area contributed by atoms with Gasteiger partial charge in [-0.2, -0.15) is 0 Å². The molecule has 0 bridgehead atoms. The quantitative estimate of drug-likeness (QED) is 0.760. The Morgan fingerprint density at radius 3 is 2.12 bits per heavy atom. The molecule has 0 unspecified atom stereocenters. The van der Waals surface area contributed by atoms with E-state index in [9.17, 15) is 0 Å². The molecule has 0 aromatic heterocycles. The predicted molar refractivity (Wildman–Crippen MR) is 87.9 cm³/mol. The number of hydrogen-bond donors (Lipinski definition) is 0. The molecule has 0 radical (unpaired) electrons. The summed E-state index contributed by atoms with van der Waals surface area (Å²) in [4.78, 5) is 0. The second-order valence-electron chi connectivity index (χ2n) is 8.28.